The van der Waals surface area contributed by atoms with Crippen molar-refractivity contribution in [2.75, 3.05) is 13.2 Å². The van der Waals surface area contributed by atoms with Crippen LogP contribution in [0.2, 0.25) is 0 Å². The van der Waals surface area contributed by atoms with Crippen LogP contribution in [0, 0.1) is 3.57 Å². The van der Waals surface area contributed by atoms with Gasteiger partial charge in [-0.15, -0.1) is 0 Å². The van der Waals surface area contributed by atoms with Gasteiger partial charge in [-0.2, -0.15) is 0 Å². The van der Waals surface area contributed by atoms with Gasteiger partial charge in [-0.3, -0.25) is 4.79 Å². The SMILES string of the molecule is CC(CO)(CO)NC(=O)c1cc(Br)ccc1I. The van der Waals surface area contributed by atoms with Gasteiger partial charge in [0.25, 0.3) is 5.91 Å². The lowest BCUT2D eigenvalue weighted by molar-refractivity contribution is 0.0723. The molecule has 0 bridgehead atoms. The first-order chi connectivity index (χ1) is 7.91. The number of aliphatic hydroxyl groups is 2. The second-order valence-corrected chi connectivity index (χ2v) is 6.03. The third kappa shape index (κ3) is 3.90. The average molecular weight is 414 g/mol. The molecule has 4 nitrogen and oxygen atoms in total. The molecular formula is C11H13BrINO3. The first-order valence-corrected chi connectivity index (χ1v) is 6.78. The number of carbonyl (C=O) groups excluding carboxylic acids is 1. The lowest BCUT2D eigenvalue weighted by Crippen LogP contribution is -2.51. The van der Waals surface area contributed by atoms with E-state index in [0.29, 0.717) is 5.56 Å². The summed E-state index contributed by atoms with van der Waals surface area (Å²) >= 11 is 5.36. The molecule has 17 heavy (non-hydrogen) atoms. The molecule has 1 rings (SSSR count). The number of amides is 1. The fourth-order valence-electron chi connectivity index (χ4n) is 1.14. The zero-order valence-corrected chi connectivity index (χ0v) is 12.9. The first-order valence-electron chi connectivity index (χ1n) is 4.91. The molecule has 0 fully saturated rings. The van der Waals surface area contributed by atoms with Gasteiger partial charge in [-0.05, 0) is 47.7 Å². The molecule has 0 spiro atoms. The highest BCUT2D eigenvalue weighted by Crippen LogP contribution is 2.19. The van der Waals surface area contributed by atoms with Gasteiger partial charge in [-0.1, -0.05) is 15.9 Å². The Morgan fingerprint density at radius 1 is 1.47 bits per heavy atom. The van der Waals surface area contributed by atoms with Crippen LogP contribution in [-0.4, -0.2) is 34.9 Å². The summed E-state index contributed by atoms with van der Waals surface area (Å²) < 4.78 is 1.61. The highest BCUT2D eigenvalue weighted by Gasteiger charge is 2.25. The fraction of sp³-hybridized carbons (Fsp3) is 0.364. The van der Waals surface area contributed by atoms with Crippen LogP contribution in [0.1, 0.15) is 17.3 Å². The van der Waals surface area contributed by atoms with Gasteiger partial charge < -0.3 is 15.5 Å². The number of hydrogen-bond acceptors (Lipinski definition) is 3. The van der Waals surface area contributed by atoms with Crippen molar-refractivity contribution < 1.29 is 15.0 Å². The Balaban J connectivity index is 2.94. The summed E-state index contributed by atoms with van der Waals surface area (Å²) in [5, 5.41) is 20.9. The molecule has 1 amide bonds. The van der Waals surface area contributed by atoms with E-state index < -0.39 is 5.54 Å². The molecule has 1 aromatic rings. The van der Waals surface area contributed by atoms with E-state index in [9.17, 15) is 4.79 Å². The molecule has 0 heterocycles. The van der Waals surface area contributed by atoms with Crippen molar-refractivity contribution in [3.05, 3.63) is 31.8 Å². The molecule has 0 aromatic heterocycles. The number of rotatable bonds is 4. The maximum absolute atomic E-state index is 12.0. The van der Waals surface area contributed by atoms with Crippen molar-refractivity contribution in [2.45, 2.75) is 12.5 Å². The van der Waals surface area contributed by atoms with Crippen molar-refractivity contribution in [2.24, 2.45) is 0 Å². The second-order valence-electron chi connectivity index (χ2n) is 3.96. The van der Waals surface area contributed by atoms with Crippen LogP contribution in [0.15, 0.2) is 22.7 Å². The van der Waals surface area contributed by atoms with Crippen molar-refractivity contribution in [1.29, 1.82) is 0 Å². The second kappa shape index (κ2) is 6.12. The van der Waals surface area contributed by atoms with Crippen LogP contribution >= 0.6 is 38.5 Å². The molecule has 94 valence electrons. The van der Waals surface area contributed by atoms with Crippen LogP contribution in [0.5, 0.6) is 0 Å². The third-order valence-electron chi connectivity index (χ3n) is 2.29. The predicted octanol–water partition coefficient (Wildman–Crippen LogP) is 1.53. The maximum atomic E-state index is 12.0. The molecule has 0 unspecified atom stereocenters. The summed E-state index contributed by atoms with van der Waals surface area (Å²) in [4.78, 5) is 12.0. The number of halogens is 2. The van der Waals surface area contributed by atoms with Crippen molar-refractivity contribution in [1.82, 2.24) is 5.32 Å². The topological polar surface area (TPSA) is 69.6 Å². The number of benzene rings is 1. The van der Waals surface area contributed by atoms with E-state index in [0.717, 1.165) is 8.04 Å². The van der Waals surface area contributed by atoms with Crippen LogP contribution in [0.4, 0.5) is 0 Å². The largest absolute Gasteiger partial charge is 0.394 e. The van der Waals surface area contributed by atoms with E-state index in [4.69, 9.17) is 10.2 Å². The highest BCUT2D eigenvalue weighted by molar-refractivity contribution is 14.1. The Morgan fingerprint density at radius 2 is 2.06 bits per heavy atom. The van der Waals surface area contributed by atoms with Crippen molar-refractivity contribution in [3.8, 4) is 0 Å². The molecule has 0 radical (unpaired) electrons. The zero-order valence-electron chi connectivity index (χ0n) is 9.20. The summed E-state index contributed by atoms with van der Waals surface area (Å²) in [7, 11) is 0. The van der Waals surface area contributed by atoms with Crippen molar-refractivity contribution >= 4 is 44.4 Å². The van der Waals surface area contributed by atoms with Gasteiger partial charge in [-0.25, -0.2) is 0 Å². The van der Waals surface area contributed by atoms with E-state index in [1.165, 1.54) is 0 Å². The van der Waals surface area contributed by atoms with Crippen molar-refractivity contribution in [3.63, 3.8) is 0 Å². The molecule has 0 saturated heterocycles. The molecule has 0 aliphatic carbocycles. The first kappa shape index (κ1) is 14.9. The molecule has 6 heteroatoms. The smallest absolute Gasteiger partial charge is 0.252 e. The van der Waals surface area contributed by atoms with Crippen LogP contribution in [0.3, 0.4) is 0 Å². The number of aliphatic hydroxyl groups excluding tert-OH is 2. The molecular weight excluding hydrogens is 401 g/mol. The van der Waals surface area contributed by atoms with Crippen LogP contribution < -0.4 is 5.32 Å². The molecule has 0 aliphatic heterocycles. The lowest BCUT2D eigenvalue weighted by atomic mass is 10.0. The monoisotopic (exact) mass is 413 g/mol. The zero-order chi connectivity index (χ0) is 13.1. The predicted molar refractivity (Wildman–Crippen MR) is 76.9 cm³/mol. The Hall–Kier alpha value is -0.180. The van der Waals surface area contributed by atoms with Gasteiger partial charge in [0.15, 0.2) is 0 Å². The van der Waals surface area contributed by atoms with Gasteiger partial charge in [0.05, 0.1) is 24.3 Å². The molecule has 3 N–H and O–H groups in total. The number of hydrogen-bond donors (Lipinski definition) is 3. The van der Waals surface area contributed by atoms with Gasteiger partial charge >= 0.3 is 0 Å². The quantitative estimate of drug-likeness (QED) is 0.655. The lowest BCUT2D eigenvalue weighted by Gasteiger charge is -2.26. The van der Waals surface area contributed by atoms with E-state index in [1.54, 1.807) is 13.0 Å². The normalized spacial score (nSPS) is 11.4. The summed E-state index contributed by atoms with van der Waals surface area (Å²) in [5.74, 6) is -0.318. The Labute approximate surface area is 122 Å². The van der Waals surface area contributed by atoms with Crippen LogP contribution in [-0.2, 0) is 0 Å². The molecule has 0 atom stereocenters. The summed E-state index contributed by atoms with van der Waals surface area (Å²) in [6.07, 6.45) is 0. The van der Waals surface area contributed by atoms with Gasteiger partial charge in [0, 0.05) is 8.04 Å². The Morgan fingerprint density at radius 3 is 2.59 bits per heavy atom. The Bertz CT molecular complexity index is 421. The summed E-state index contributed by atoms with van der Waals surface area (Å²) in [6.45, 7) is 0.940. The van der Waals surface area contributed by atoms with Crippen LogP contribution in [0.25, 0.3) is 0 Å². The third-order valence-corrected chi connectivity index (χ3v) is 3.72. The molecule has 1 aromatic carbocycles. The van der Waals surface area contributed by atoms with E-state index in [-0.39, 0.29) is 19.1 Å². The van der Waals surface area contributed by atoms with E-state index in [2.05, 4.69) is 43.8 Å². The molecule has 0 aliphatic rings. The minimum absolute atomic E-state index is 0.318. The van der Waals surface area contributed by atoms with E-state index in [1.807, 2.05) is 12.1 Å². The molecule has 0 saturated carbocycles. The van der Waals surface area contributed by atoms with Gasteiger partial charge in [0.2, 0.25) is 0 Å². The minimum atomic E-state index is -1.01. The maximum Gasteiger partial charge on any atom is 0.252 e. The van der Waals surface area contributed by atoms with Gasteiger partial charge in [0.1, 0.15) is 0 Å². The standard InChI is InChI=1S/C11H13BrINO3/c1-11(5-15,6-16)14-10(17)8-4-7(12)2-3-9(8)13/h2-4,15-16H,5-6H2,1H3,(H,14,17). The van der Waals surface area contributed by atoms with E-state index >= 15 is 0 Å². The number of carbonyl (C=O) groups is 1. The fourth-order valence-corrected chi connectivity index (χ4v) is 2.08. The summed E-state index contributed by atoms with van der Waals surface area (Å²) in [6, 6.07) is 5.36. The number of nitrogens with one attached hydrogen (secondary N) is 1. The minimum Gasteiger partial charge on any atom is -0.394 e. The highest BCUT2D eigenvalue weighted by atomic mass is 127. The average Bonchev–Trinajstić information content (AvgIpc) is 2.32. The summed E-state index contributed by atoms with van der Waals surface area (Å²) in [5.41, 5.74) is -0.504. The Kier molecular flexibility index (Phi) is 5.36.